The lowest BCUT2D eigenvalue weighted by Gasteiger charge is -2.17. The van der Waals surface area contributed by atoms with Crippen molar-refractivity contribution < 1.29 is 4.79 Å². The summed E-state index contributed by atoms with van der Waals surface area (Å²) in [6, 6.07) is 0.305. The maximum atomic E-state index is 11.8. The lowest BCUT2D eigenvalue weighted by Crippen LogP contribution is -2.36. The molecule has 0 aromatic heterocycles. The molecule has 3 nitrogen and oxygen atoms in total. The first kappa shape index (κ1) is 16.4. The molecule has 0 aromatic rings. The van der Waals surface area contributed by atoms with E-state index in [9.17, 15) is 4.79 Å². The summed E-state index contributed by atoms with van der Waals surface area (Å²) in [4.78, 5) is 11.8. The van der Waals surface area contributed by atoms with Gasteiger partial charge in [0.25, 0.3) is 0 Å². The third kappa shape index (κ3) is 9.16. The van der Waals surface area contributed by atoms with Gasteiger partial charge in [0.2, 0.25) is 5.91 Å². The molecule has 0 saturated heterocycles. The van der Waals surface area contributed by atoms with Gasteiger partial charge in [-0.05, 0) is 32.7 Å². The van der Waals surface area contributed by atoms with Crippen molar-refractivity contribution in [2.75, 3.05) is 6.54 Å². The van der Waals surface area contributed by atoms with Gasteiger partial charge in [0.15, 0.2) is 0 Å². The average molecular weight is 242 g/mol. The largest absolute Gasteiger partial charge is 0.353 e. The number of rotatable bonds is 10. The van der Waals surface area contributed by atoms with Crippen LogP contribution in [0.25, 0.3) is 0 Å². The number of nitrogens with two attached hydrogens (primary N) is 1. The first-order chi connectivity index (χ1) is 8.11. The molecule has 2 atom stereocenters. The number of nitrogens with one attached hydrogen (secondary N) is 1. The summed E-state index contributed by atoms with van der Waals surface area (Å²) in [5.41, 5.74) is 5.44. The monoisotopic (exact) mass is 242 g/mol. The van der Waals surface area contributed by atoms with E-state index in [-0.39, 0.29) is 11.8 Å². The highest BCUT2D eigenvalue weighted by molar-refractivity contribution is 5.78. The zero-order valence-corrected chi connectivity index (χ0v) is 11.8. The molecule has 0 aromatic carbocycles. The summed E-state index contributed by atoms with van der Waals surface area (Å²) < 4.78 is 0. The van der Waals surface area contributed by atoms with Gasteiger partial charge in [-0.1, -0.05) is 39.5 Å². The number of amides is 1. The van der Waals surface area contributed by atoms with Crippen molar-refractivity contribution in [1.29, 1.82) is 0 Å². The van der Waals surface area contributed by atoms with Crippen molar-refractivity contribution in [3.8, 4) is 0 Å². The molecule has 0 fully saturated rings. The summed E-state index contributed by atoms with van der Waals surface area (Å²) in [6.07, 6.45) is 7.97. The van der Waals surface area contributed by atoms with E-state index in [1.807, 2.05) is 6.92 Å². The van der Waals surface area contributed by atoms with Crippen LogP contribution in [0.1, 0.15) is 65.7 Å². The second kappa shape index (κ2) is 10.6. The van der Waals surface area contributed by atoms with Gasteiger partial charge in [-0.25, -0.2) is 0 Å². The molecule has 0 aliphatic rings. The van der Waals surface area contributed by atoms with E-state index in [4.69, 9.17) is 5.73 Å². The van der Waals surface area contributed by atoms with Crippen molar-refractivity contribution in [2.45, 2.75) is 71.8 Å². The highest BCUT2D eigenvalue weighted by Crippen LogP contribution is 2.08. The molecule has 0 aliphatic carbocycles. The molecule has 0 spiro atoms. The van der Waals surface area contributed by atoms with Crippen LogP contribution in [0, 0.1) is 5.92 Å². The molecule has 0 aliphatic heterocycles. The molecule has 0 radical (unpaired) electrons. The molecule has 102 valence electrons. The topological polar surface area (TPSA) is 55.1 Å². The lowest BCUT2D eigenvalue weighted by molar-refractivity contribution is -0.125. The molecule has 1 amide bonds. The molecule has 0 saturated carbocycles. The lowest BCUT2D eigenvalue weighted by atomic mass is 10.0. The third-order valence-electron chi connectivity index (χ3n) is 3.17. The molecule has 0 rings (SSSR count). The van der Waals surface area contributed by atoms with Gasteiger partial charge in [0.1, 0.15) is 0 Å². The number of hydrogen-bond acceptors (Lipinski definition) is 2. The first-order valence-electron chi connectivity index (χ1n) is 7.12. The van der Waals surface area contributed by atoms with E-state index in [0.29, 0.717) is 12.6 Å². The van der Waals surface area contributed by atoms with Crippen LogP contribution >= 0.6 is 0 Å². The summed E-state index contributed by atoms with van der Waals surface area (Å²) in [7, 11) is 0. The summed E-state index contributed by atoms with van der Waals surface area (Å²) in [5.74, 6) is 0.276. The summed E-state index contributed by atoms with van der Waals surface area (Å²) >= 11 is 0. The zero-order chi connectivity index (χ0) is 13.1. The summed E-state index contributed by atoms with van der Waals surface area (Å²) in [6.45, 7) is 6.96. The van der Waals surface area contributed by atoms with Crippen molar-refractivity contribution >= 4 is 5.91 Å². The maximum absolute atomic E-state index is 11.8. The van der Waals surface area contributed by atoms with Crippen LogP contribution in [0.2, 0.25) is 0 Å². The summed E-state index contributed by atoms with van der Waals surface area (Å²) in [5, 5.41) is 3.09. The van der Waals surface area contributed by atoms with Crippen molar-refractivity contribution in [2.24, 2.45) is 11.7 Å². The highest BCUT2D eigenvalue weighted by atomic mass is 16.1. The van der Waals surface area contributed by atoms with Crippen LogP contribution in [0.4, 0.5) is 0 Å². The molecule has 3 heteroatoms. The predicted molar refractivity (Wildman–Crippen MR) is 73.8 cm³/mol. The van der Waals surface area contributed by atoms with Gasteiger partial charge in [0, 0.05) is 12.0 Å². The van der Waals surface area contributed by atoms with Gasteiger partial charge in [-0.3, -0.25) is 4.79 Å². The fourth-order valence-corrected chi connectivity index (χ4v) is 1.89. The van der Waals surface area contributed by atoms with Gasteiger partial charge in [0.05, 0.1) is 0 Å². The molecule has 0 heterocycles. The van der Waals surface area contributed by atoms with Crippen LogP contribution in [0.15, 0.2) is 0 Å². The second-order valence-electron chi connectivity index (χ2n) is 5.09. The Balaban J connectivity index is 3.63. The highest BCUT2D eigenvalue weighted by Gasteiger charge is 2.14. The molecular formula is C14H30N2O. The Kier molecular flexibility index (Phi) is 10.2. The Morgan fingerprint density at radius 3 is 2.41 bits per heavy atom. The fourth-order valence-electron chi connectivity index (χ4n) is 1.89. The standard InChI is InChI=1S/C14H30N2O/c1-4-5-6-7-10-13(3)16-14(17)12(2)9-8-11-15/h12-13H,4-11,15H2,1-3H3,(H,16,17). The Morgan fingerprint density at radius 2 is 1.82 bits per heavy atom. The number of unbranched alkanes of at least 4 members (excludes halogenated alkanes) is 3. The van der Waals surface area contributed by atoms with Crippen molar-refractivity contribution in [3.63, 3.8) is 0 Å². The number of hydrogen-bond donors (Lipinski definition) is 2. The Hall–Kier alpha value is -0.570. The predicted octanol–water partition coefficient (Wildman–Crippen LogP) is 2.84. The van der Waals surface area contributed by atoms with E-state index in [2.05, 4.69) is 19.2 Å². The number of carbonyl (C=O) groups excluding carboxylic acids is 1. The first-order valence-corrected chi connectivity index (χ1v) is 7.12. The van der Waals surface area contributed by atoms with Crippen LogP contribution < -0.4 is 11.1 Å². The minimum absolute atomic E-state index is 0.0941. The van der Waals surface area contributed by atoms with Gasteiger partial charge >= 0.3 is 0 Å². The second-order valence-corrected chi connectivity index (χ2v) is 5.09. The van der Waals surface area contributed by atoms with E-state index >= 15 is 0 Å². The Labute approximate surface area is 107 Å². The third-order valence-corrected chi connectivity index (χ3v) is 3.17. The Morgan fingerprint density at radius 1 is 1.12 bits per heavy atom. The van der Waals surface area contributed by atoms with Crippen LogP contribution in [-0.4, -0.2) is 18.5 Å². The fraction of sp³-hybridized carbons (Fsp3) is 0.929. The van der Waals surface area contributed by atoms with E-state index in [1.54, 1.807) is 0 Å². The molecule has 3 N–H and O–H groups in total. The maximum Gasteiger partial charge on any atom is 0.223 e. The van der Waals surface area contributed by atoms with Gasteiger partial charge < -0.3 is 11.1 Å². The molecule has 0 bridgehead atoms. The molecule has 17 heavy (non-hydrogen) atoms. The van der Waals surface area contributed by atoms with E-state index in [1.165, 1.54) is 25.7 Å². The zero-order valence-electron chi connectivity index (χ0n) is 11.8. The molecular weight excluding hydrogens is 212 g/mol. The minimum atomic E-state index is 0.0941. The normalized spacial score (nSPS) is 14.4. The quantitative estimate of drug-likeness (QED) is 0.579. The van der Waals surface area contributed by atoms with E-state index in [0.717, 1.165) is 19.3 Å². The van der Waals surface area contributed by atoms with E-state index < -0.39 is 0 Å². The smallest absolute Gasteiger partial charge is 0.223 e. The molecule has 2 unspecified atom stereocenters. The number of carbonyl (C=O) groups is 1. The van der Waals surface area contributed by atoms with Crippen molar-refractivity contribution in [3.05, 3.63) is 0 Å². The van der Waals surface area contributed by atoms with Crippen LogP contribution in [0.3, 0.4) is 0 Å². The van der Waals surface area contributed by atoms with Gasteiger partial charge in [-0.15, -0.1) is 0 Å². The SMILES string of the molecule is CCCCCCC(C)NC(=O)C(C)CCCN. The Bertz CT molecular complexity index is 195. The minimum Gasteiger partial charge on any atom is -0.353 e. The van der Waals surface area contributed by atoms with Crippen molar-refractivity contribution in [1.82, 2.24) is 5.32 Å². The van der Waals surface area contributed by atoms with Gasteiger partial charge in [-0.2, -0.15) is 0 Å². The van der Waals surface area contributed by atoms with Crippen LogP contribution in [-0.2, 0) is 4.79 Å². The average Bonchev–Trinajstić information content (AvgIpc) is 2.31. The van der Waals surface area contributed by atoms with Crippen LogP contribution in [0.5, 0.6) is 0 Å².